The number of thiophene rings is 1. The molecule has 2 amide bonds. The zero-order valence-electron chi connectivity index (χ0n) is 27.8. The average molecular weight is 711 g/mol. The van der Waals surface area contributed by atoms with E-state index >= 15 is 0 Å². The number of aromatic nitrogens is 2. The van der Waals surface area contributed by atoms with Crippen LogP contribution in [0.2, 0.25) is 0 Å². The van der Waals surface area contributed by atoms with Crippen LogP contribution in [0.15, 0.2) is 67.0 Å². The van der Waals surface area contributed by atoms with E-state index in [2.05, 4.69) is 25.3 Å². The van der Waals surface area contributed by atoms with E-state index in [-0.39, 0.29) is 17.6 Å². The number of amides is 2. The van der Waals surface area contributed by atoms with Crippen LogP contribution >= 0.6 is 11.3 Å². The summed E-state index contributed by atoms with van der Waals surface area (Å²) in [5, 5.41) is 14.5. The molecule has 2 heterocycles. The number of benzene rings is 2. The van der Waals surface area contributed by atoms with Crippen molar-refractivity contribution in [3.05, 3.63) is 82.3 Å². The second-order valence-electron chi connectivity index (χ2n) is 13.2. The number of nitrogens with one attached hydrogen (secondary N) is 2. The molecule has 1 saturated carbocycles. The molecule has 0 spiro atoms. The highest BCUT2D eigenvalue weighted by Crippen LogP contribution is 2.38. The predicted octanol–water partition coefficient (Wildman–Crippen LogP) is 6.79. The van der Waals surface area contributed by atoms with Crippen molar-refractivity contribution in [1.29, 1.82) is 0 Å². The van der Waals surface area contributed by atoms with Gasteiger partial charge >= 0.3 is 12.3 Å². The minimum absolute atomic E-state index is 0.0166. The number of hydrogen-bond acceptors (Lipinski definition) is 8. The summed E-state index contributed by atoms with van der Waals surface area (Å²) in [7, 11) is 0. The summed E-state index contributed by atoms with van der Waals surface area (Å²) in [4.78, 5) is 48.0. The van der Waals surface area contributed by atoms with Gasteiger partial charge in [-0.3, -0.25) is 14.4 Å². The average Bonchev–Trinajstić information content (AvgIpc) is 3.74. The van der Waals surface area contributed by atoms with Gasteiger partial charge in [0.1, 0.15) is 12.1 Å². The van der Waals surface area contributed by atoms with Crippen molar-refractivity contribution < 1.29 is 42.1 Å². The number of nitrogens with zero attached hydrogens (tertiary/aromatic N) is 2. The summed E-state index contributed by atoms with van der Waals surface area (Å²) in [6.45, 7) is 7.75. The van der Waals surface area contributed by atoms with Gasteiger partial charge in [0.25, 0.3) is 5.91 Å². The molecule has 5 rings (SSSR count). The van der Waals surface area contributed by atoms with Crippen LogP contribution in [0, 0.1) is 5.92 Å². The normalized spacial score (nSPS) is 14.4. The number of aliphatic carboxylic acids is 1. The highest BCUT2D eigenvalue weighted by atomic mass is 32.1. The quantitative estimate of drug-likeness (QED) is 0.138. The van der Waals surface area contributed by atoms with Crippen LogP contribution in [0.25, 0.3) is 22.5 Å². The Balaban J connectivity index is 1.30. The fourth-order valence-electron chi connectivity index (χ4n) is 4.83. The first kappa shape index (κ1) is 36.3. The van der Waals surface area contributed by atoms with Crippen molar-refractivity contribution in [1.82, 2.24) is 20.6 Å². The van der Waals surface area contributed by atoms with Gasteiger partial charge in [-0.2, -0.15) is 0 Å². The molecule has 0 saturated heterocycles. The van der Waals surface area contributed by atoms with Crippen LogP contribution in [-0.2, 0) is 21.4 Å². The highest BCUT2D eigenvalue weighted by Gasteiger charge is 2.33. The monoisotopic (exact) mass is 710 g/mol. The van der Waals surface area contributed by atoms with Crippen LogP contribution in [0.4, 0.5) is 13.2 Å². The molecule has 0 unspecified atom stereocenters. The maximum absolute atomic E-state index is 13.2. The number of carbonyl (C=O) groups is 3. The second-order valence-corrected chi connectivity index (χ2v) is 14.3. The Morgan fingerprint density at radius 2 is 1.58 bits per heavy atom. The Hall–Kier alpha value is -4.98. The van der Waals surface area contributed by atoms with E-state index in [4.69, 9.17) is 4.74 Å². The van der Waals surface area contributed by atoms with Crippen molar-refractivity contribution in [2.45, 2.75) is 70.8 Å². The van der Waals surface area contributed by atoms with E-state index in [9.17, 15) is 32.7 Å². The molecule has 50 heavy (non-hydrogen) atoms. The third-order valence-electron chi connectivity index (χ3n) is 7.90. The zero-order valence-corrected chi connectivity index (χ0v) is 28.7. The van der Waals surface area contributed by atoms with Gasteiger partial charge in [-0.1, -0.05) is 51.1 Å². The van der Waals surface area contributed by atoms with Crippen molar-refractivity contribution >= 4 is 29.1 Å². The Bertz CT molecular complexity index is 1830. The van der Waals surface area contributed by atoms with Crippen molar-refractivity contribution in [3.63, 3.8) is 0 Å². The number of ether oxygens (including phenoxy) is 2. The molecule has 0 aliphatic heterocycles. The van der Waals surface area contributed by atoms with Crippen molar-refractivity contribution in [2.75, 3.05) is 6.61 Å². The number of carboxylic acids is 1. The van der Waals surface area contributed by atoms with Gasteiger partial charge in [-0.05, 0) is 66.5 Å². The summed E-state index contributed by atoms with van der Waals surface area (Å²) < 4.78 is 48.7. The first-order valence-electron chi connectivity index (χ1n) is 15.9. The summed E-state index contributed by atoms with van der Waals surface area (Å²) in [5.41, 5.74) is 2.29. The number of carboxylic acid groups (broad SMARTS) is 1. The first-order valence-corrected chi connectivity index (χ1v) is 16.8. The van der Waals surface area contributed by atoms with Gasteiger partial charge < -0.3 is 25.2 Å². The molecule has 0 bridgehead atoms. The lowest BCUT2D eigenvalue weighted by Crippen LogP contribution is -2.51. The summed E-state index contributed by atoms with van der Waals surface area (Å²) in [6.07, 6.45) is 0.267. The summed E-state index contributed by atoms with van der Waals surface area (Å²) in [5.74, 6) is -2.02. The summed E-state index contributed by atoms with van der Waals surface area (Å²) >= 11 is 1.33. The molecule has 10 nitrogen and oxygen atoms in total. The summed E-state index contributed by atoms with van der Waals surface area (Å²) in [6, 6.07) is 12.5. The molecule has 3 N–H and O–H groups in total. The van der Waals surface area contributed by atoms with Crippen LogP contribution in [0.1, 0.15) is 60.6 Å². The van der Waals surface area contributed by atoms with Gasteiger partial charge in [0, 0.05) is 34.8 Å². The molecule has 1 fully saturated rings. The molecule has 0 radical (unpaired) electrons. The Labute approximate surface area is 291 Å². The molecule has 14 heteroatoms. The predicted molar refractivity (Wildman–Crippen MR) is 181 cm³/mol. The van der Waals surface area contributed by atoms with Gasteiger partial charge in [-0.25, -0.2) is 9.97 Å². The van der Waals surface area contributed by atoms with Gasteiger partial charge in [-0.15, -0.1) is 24.5 Å². The fraction of sp³-hybridized carbons (Fsp3) is 0.361. The van der Waals surface area contributed by atoms with Gasteiger partial charge in [0.15, 0.2) is 17.3 Å². The molecule has 4 aromatic rings. The number of carbonyl (C=O) groups excluding carboxylic acids is 2. The second kappa shape index (κ2) is 14.9. The molecule has 2 aromatic heterocycles. The van der Waals surface area contributed by atoms with Crippen LogP contribution in [-0.4, -0.2) is 57.9 Å². The van der Waals surface area contributed by atoms with E-state index in [1.54, 1.807) is 42.7 Å². The van der Waals surface area contributed by atoms with Gasteiger partial charge in [0.2, 0.25) is 5.91 Å². The largest absolute Gasteiger partial charge is 0.573 e. The number of rotatable bonds is 13. The van der Waals surface area contributed by atoms with Crippen molar-refractivity contribution in [2.24, 2.45) is 5.92 Å². The van der Waals surface area contributed by atoms with E-state index in [0.717, 1.165) is 17.7 Å². The van der Waals surface area contributed by atoms with Gasteiger partial charge in [0.05, 0.1) is 11.5 Å². The molecular formula is C36H37F3N4O6S. The Morgan fingerprint density at radius 3 is 2.16 bits per heavy atom. The SMILES string of the molecule is C[C@@H](NC(=O)[C@H](Cc1ccc(-c2ncc(-c3ccc(OC(F)(F)F)c(OCC4CC4)c3)cn2)cc1)NC(=O)c1ccc(C(C)(C)C)s1)C(=O)O. The lowest BCUT2D eigenvalue weighted by atomic mass is 9.95. The number of hydrogen-bond donors (Lipinski definition) is 3. The van der Waals surface area contributed by atoms with Crippen LogP contribution in [0.5, 0.6) is 11.5 Å². The lowest BCUT2D eigenvalue weighted by Gasteiger charge is -2.20. The maximum Gasteiger partial charge on any atom is 0.573 e. The van der Waals surface area contributed by atoms with E-state index in [1.807, 2.05) is 26.8 Å². The minimum atomic E-state index is -4.86. The minimum Gasteiger partial charge on any atom is -0.489 e. The third-order valence-corrected chi connectivity index (χ3v) is 9.41. The molecule has 2 aromatic carbocycles. The van der Waals surface area contributed by atoms with Crippen LogP contribution in [0.3, 0.4) is 0 Å². The Kier molecular flexibility index (Phi) is 10.8. The highest BCUT2D eigenvalue weighted by molar-refractivity contribution is 7.14. The number of halogens is 3. The molecular weight excluding hydrogens is 673 g/mol. The Morgan fingerprint density at radius 1 is 0.920 bits per heavy atom. The van der Waals surface area contributed by atoms with E-state index in [0.29, 0.717) is 45.5 Å². The zero-order chi connectivity index (χ0) is 36.2. The molecule has 1 aliphatic carbocycles. The standard InChI is InChI=1S/C36H37F3N4O6S/c1-20(34(46)47)42-32(44)26(43-33(45)29-13-14-30(50-29)35(2,3)4)15-21-7-9-23(10-8-21)31-40-17-25(18-41-31)24-11-12-27(49-36(37,38)39)28(16-24)48-19-22-5-6-22/h7-14,16-18,20,22,26H,5-6,15,19H2,1-4H3,(H,42,44)(H,43,45)(H,46,47)/t20-,26+/m1/s1. The molecule has 264 valence electrons. The lowest BCUT2D eigenvalue weighted by molar-refractivity contribution is -0.275. The van der Waals surface area contributed by atoms with E-state index in [1.165, 1.54) is 36.5 Å². The first-order chi connectivity index (χ1) is 23.6. The smallest absolute Gasteiger partial charge is 0.489 e. The van der Waals surface area contributed by atoms with Crippen LogP contribution < -0.4 is 20.1 Å². The molecule has 2 atom stereocenters. The topological polar surface area (TPSA) is 140 Å². The van der Waals surface area contributed by atoms with E-state index < -0.39 is 42.0 Å². The molecule has 1 aliphatic rings. The third kappa shape index (κ3) is 9.80. The fourth-order valence-corrected chi connectivity index (χ4v) is 5.80. The maximum atomic E-state index is 13.2. The number of alkyl halides is 3. The van der Waals surface area contributed by atoms with Crippen molar-refractivity contribution in [3.8, 4) is 34.0 Å².